The van der Waals surface area contributed by atoms with E-state index in [9.17, 15) is 5.26 Å². The molecular formula is C45H25F2N7. The summed E-state index contributed by atoms with van der Waals surface area (Å²) in [6.45, 7) is 0. The highest BCUT2D eigenvalue weighted by Gasteiger charge is 2.24. The Bertz CT molecular complexity index is 2950. The molecule has 7 nitrogen and oxygen atoms in total. The van der Waals surface area contributed by atoms with Crippen LogP contribution in [0, 0.1) is 23.0 Å². The second-order valence-corrected chi connectivity index (χ2v) is 12.9. The molecule has 6 aromatic carbocycles. The van der Waals surface area contributed by atoms with Gasteiger partial charge in [-0.3, -0.25) is 0 Å². The number of nitrogens with zero attached hydrogens (tertiary/aromatic N) is 7. The molecule has 0 atom stereocenters. The Labute approximate surface area is 306 Å². The fourth-order valence-corrected chi connectivity index (χ4v) is 7.63. The van der Waals surface area contributed by atoms with Gasteiger partial charge in [-0.1, -0.05) is 66.7 Å². The van der Waals surface area contributed by atoms with Crippen LogP contribution in [-0.2, 0) is 0 Å². The van der Waals surface area contributed by atoms with Crippen molar-refractivity contribution in [2.45, 2.75) is 0 Å². The summed E-state index contributed by atoms with van der Waals surface area (Å²) in [5.41, 5.74) is 6.05. The first-order chi connectivity index (χ1) is 26.6. The Morgan fingerprint density at radius 3 is 1.35 bits per heavy atom. The number of para-hydroxylation sites is 2. The third kappa shape index (κ3) is 4.78. The van der Waals surface area contributed by atoms with Gasteiger partial charge in [0.25, 0.3) is 0 Å². The fraction of sp³-hybridized carbons (Fsp3) is 0. The number of aromatic nitrogens is 6. The zero-order valence-electron chi connectivity index (χ0n) is 28.3. The second kappa shape index (κ2) is 12.3. The van der Waals surface area contributed by atoms with Crippen LogP contribution in [0.3, 0.4) is 0 Å². The van der Waals surface area contributed by atoms with Crippen LogP contribution in [0.1, 0.15) is 5.56 Å². The largest absolute Gasteiger partial charge is 0.308 e. The lowest BCUT2D eigenvalue weighted by Crippen LogP contribution is -2.06. The Balaban J connectivity index is 1.36. The molecule has 10 rings (SSSR count). The smallest absolute Gasteiger partial charge is 0.159 e. The molecule has 254 valence electrons. The Kier molecular flexibility index (Phi) is 7.10. The molecule has 4 aromatic heterocycles. The van der Waals surface area contributed by atoms with E-state index < -0.39 is 11.6 Å². The van der Waals surface area contributed by atoms with Crippen LogP contribution >= 0.6 is 0 Å². The van der Waals surface area contributed by atoms with Crippen molar-refractivity contribution < 1.29 is 8.78 Å². The molecule has 10 aromatic rings. The zero-order chi connectivity index (χ0) is 36.3. The van der Waals surface area contributed by atoms with Crippen LogP contribution in [-0.4, -0.2) is 29.1 Å². The minimum absolute atomic E-state index is 0.192. The monoisotopic (exact) mass is 701 g/mol. The molecule has 0 aliphatic rings. The molecule has 0 unspecified atom stereocenters. The van der Waals surface area contributed by atoms with Crippen LogP contribution in [0.5, 0.6) is 0 Å². The molecule has 0 aliphatic carbocycles. The summed E-state index contributed by atoms with van der Waals surface area (Å²) < 4.78 is 35.6. The number of hydrogen-bond donors (Lipinski definition) is 0. The van der Waals surface area contributed by atoms with Crippen molar-refractivity contribution in [1.29, 1.82) is 5.26 Å². The van der Waals surface area contributed by atoms with Crippen molar-refractivity contribution in [2.24, 2.45) is 0 Å². The van der Waals surface area contributed by atoms with Crippen molar-refractivity contribution in [3.63, 3.8) is 0 Å². The highest BCUT2D eigenvalue weighted by molar-refractivity contribution is 6.12. The van der Waals surface area contributed by atoms with E-state index >= 15 is 8.78 Å². The van der Waals surface area contributed by atoms with Crippen LogP contribution in [0.4, 0.5) is 8.78 Å². The molecule has 0 radical (unpaired) electrons. The molecule has 4 heterocycles. The van der Waals surface area contributed by atoms with Crippen molar-refractivity contribution in [3.05, 3.63) is 169 Å². The first kappa shape index (κ1) is 31.2. The topological polar surface area (TPSA) is 85.2 Å². The summed E-state index contributed by atoms with van der Waals surface area (Å²) in [6, 6.07) is 41.1. The summed E-state index contributed by atoms with van der Waals surface area (Å²) in [6.07, 6.45) is 6.76. The Hall–Kier alpha value is -7.57. The molecule has 0 saturated carbocycles. The van der Waals surface area contributed by atoms with Gasteiger partial charge in [0.15, 0.2) is 11.6 Å². The van der Waals surface area contributed by atoms with E-state index in [2.05, 4.69) is 26.0 Å². The van der Waals surface area contributed by atoms with E-state index in [-0.39, 0.29) is 11.1 Å². The lowest BCUT2D eigenvalue weighted by Gasteiger charge is -2.19. The number of fused-ring (bicyclic) bond motifs is 6. The van der Waals surface area contributed by atoms with E-state index in [1.54, 1.807) is 49.1 Å². The minimum Gasteiger partial charge on any atom is -0.308 e. The molecule has 54 heavy (non-hydrogen) atoms. The maximum Gasteiger partial charge on any atom is 0.159 e. The zero-order valence-corrected chi connectivity index (χ0v) is 28.3. The maximum atomic E-state index is 15.8. The van der Waals surface area contributed by atoms with E-state index in [0.29, 0.717) is 28.6 Å². The lowest BCUT2D eigenvalue weighted by atomic mass is 9.99. The average Bonchev–Trinajstić information content (AvgIpc) is 3.73. The predicted molar refractivity (Wildman–Crippen MR) is 207 cm³/mol. The highest BCUT2D eigenvalue weighted by atomic mass is 19.1. The van der Waals surface area contributed by atoms with Gasteiger partial charge in [0.05, 0.1) is 39.0 Å². The Morgan fingerprint density at radius 2 is 0.889 bits per heavy atom. The standard InChI is InChI=1S/C45H25F2N7/c46-35-10-5-11-36(47)43(35)29-24-41(53-37-12-3-1-8-30(37)32-16-14-27(22-39(32)53)44-49-18-6-19-50-44)34(26-48)42(25-29)54-38-13-4-2-9-31(38)33-17-15-28(23-40(33)54)45-51-20-7-21-52-45/h1-25H. The molecule has 0 amide bonds. The van der Waals surface area contributed by atoms with Gasteiger partial charge >= 0.3 is 0 Å². The highest BCUT2D eigenvalue weighted by Crippen LogP contribution is 2.42. The number of benzene rings is 6. The van der Waals surface area contributed by atoms with Crippen LogP contribution in [0.25, 0.3) is 88.9 Å². The normalized spacial score (nSPS) is 11.5. The summed E-state index contributed by atoms with van der Waals surface area (Å²) in [5.74, 6) is -0.340. The summed E-state index contributed by atoms with van der Waals surface area (Å²) >= 11 is 0. The number of nitriles is 1. The summed E-state index contributed by atoms with van der Waals surface area (Å²) in [4.78, 5) is 17.9. The minimum atomic E-state index is -0.715. The molecule has 0 aliphatic heterocycles. The summed E-state index contributed by atoms with van der Waals surface area (Å²) in [5, 5.41) is 15.0. The van der Waals surface area contributed by atoms with Crippen molar-refractivity contribution >= 4 is 43.6 Å². The molecule has 0 N–H and O–H groups in total. The third-order valence-electron chi connectivity index (χ3n) is 9.94. The van der Waals surface area contributed by atoms with Gasteiger partial charge in [0.1, 0.15) is 23.3 Å². The SMILES string of the molecule is N#Cc1c(-n2c3ccccc3c3ccc(-c4ncccn4)cc32)cc(-c2c(F)cccc2F)cc1-n1c2ccccc2c2ccc(-c3ncccn3)cc21. The Morgan fingerprint density at radius 1 is 0.444 bits per heavy atom. The van der Waals surface area contributed by atoms with Gasteiger partial charge in [-0.2, -0.15) is 5.26 Å². The van der Waals surface area contributed by atoms with Crippen molar-refractivity contribution in [2.75, 3.05) is 0 Å². The molecule has 0 spiro atoms. The lowest BCUT2D eigenvalue weighted by molar-refractivity contribution is 0.589. The second-order valence-electron chi connectivity index (χ2n) is 12.9. The number of rotatable bonds is 5. The van der Waals surface area contributed by atoms with Crippen molar-refractivity contribution in [1.82, 2.24) is 29.1 Å². The molecule has 9 heteroatoms. The van der Waals surface area contributed by atoms with Crippen LogP contribution < -0.4 is 0 Å². The van der Waals surface area contributed by atoms with E-state index in [4.69, 9.17) is 0 Å². The van der Waals surface area contributed by atoms with Gasteiger partial charge in [0.2, 0.25) is 0 Å². The average molecular weight is 702 g/mol. The van der Waals surface area contributed by atoms with Gasteiger partial charge in [-0.25, -0.2) is 28.7 Å². The molecule has 0 saturated heterocycles. The van der Waals surface area contributed by atoms with E-state index in [0.717, 1.165) is 54.7 Å². The predicted octanol–water partition coefficient (Wildman–Crippen LogP) is 10.6. The third-order valence-corrected chi connectivity index (χ3v) is 9.94. The number of hydrogen-bond acceptors (Lipinski definition) is 5. The van der Waals surface area contributed by atoms with Gasteiger partial charge in [0, 0.05) is 57.5 Å². The quantitative estimate of drug-likeness (QED) is 0.178. The number of halogens is 2. The van der Waals surface area contributed by atoms with Crippen LogP contribution in [0.2, 0.25) is 0 Å². The maximum absolute atomic E-state index is 15.8. The van der Waals surface area contributed by atoms with Gasteiger partial charge < -0.3 is 9.13 Å². The molecule has 0 fully saturated rings. The van der Waals surface area contributed by atoms with Crippen molar-refractivity contribution in [3.8, 4) is 51.3 Å². The van der Waals surface area contributed by atoms with Gasteiger partial charge in [-0.15, -0.1) is 0 Å². The van der Waals surface area contributed by atoms with Crippen LogP contribution in [0.15, 0.2) is 152 Å². The fourth-order valence-electron chi connectivity index (χ4n) is 7.63. The first-order valence-electron chi connectivity index (χ1n) is 17.2. The van der Waals surface area contributed by atoms with E-state index in [1.165, 1.54) is 18.2 Å². The first-order valence-corrected chi connectivity index (χ1v) is 17.2. The van der Waals surface area contributed by atoms with E-state index in [1.807, 2.05) is 94.1 Å². The summed E-state index contributed by atoms with van der Waals surface area (Å²) in [7, 11) is 0. The molecular weight excluding hydrogens is 677 g/mol. The van der Waals surface area contributed by atoms with Gasteiger partial charge in [-0.05, 0) is 66.2 Å². The molecule has 0 bridgehead atoms.